The van der Waals surface area contributed by atoms with Crippen LogP contribution in [0.4, 0.5) is 13.2 Å². The highest BCUT2D eigenvalue weighted by Crippen LogP contribution is 2.43. The number of aliphatic carboxylic acids is 1. The maximum atomic E-state index is 14.3. The van der Waals surface area contributed by atoms with Crippen molar-refractivity contribution in [2.45, 2.75) is 71.7 Å². The van der Waals surface area contributed by atoms with Crippen LogP contribution in [0.1, 0.15) is 87.3 Å². The van der Waals surface area contributed by atoms with Crippen LogP contribution in [0.5, 0.6) is 0 Å². The Labute approximate surface area is 218 Å². The van der Waals surface area contributed by atoms with Crippen molar-refractivity contribution >= 4 is 23.5 Å². The summed E-state index contributed by atoms with van der Waals surface area (Å²) in [4.78, 5) is 30.3. The second kappa shape index (κ2) is 10.6. The van der Waals surface area contributed by atoms with Crippen molar-refractivity contribution in [3.63, 3.8) is 0 Å². The van der Waals surface area contributed by atoms with Gasteiger partial charge in [0.25, 0.3) is 5.91 Å². The van der Waals surface area contributed by atoms with Crippen molar-refractivity contribution < 1.29 is 33.0 Å². The van der Waals surface area contributed by atoms with Gasteiger partial charge in [0.15, 0.2) is 5.69 Å². The van der Waals surface area contributed by atoms with E-state index < -0.39 is 52.3 Å². The van der Waals surface area contributed by atoms with Crippen LogP contribution in [0.25, 0.3) is 0 Å². The highest BCUT2D eigenvalue weighted by molar-refractivity contribution is 6.31. The zero-order valence-electron chi connectivity index (χ0n) is 21.2. The Kier molecular flexibility index (Phi) is 8.28. The number of aliphatic hydroxyl groups excluding tert-OH is 1. The molecule has 3 rings (SSSR count). The molecule has 1 aliphatic rings. The third-order valence-corrected chi connectivity index (χ3v) is 6.98. The molecule has 0 aromatic carbocycles. The molecule has 2 heterocycles. The molecule has 1 fully saturated rings. The van der Waals surface area contributed by atoms with Crippen LogP contribution in [0, 0.1) is 10.8 Å². The maximum absolute atomic E-state index is 14.3. The number of halogens is 4. The molecule has 0 spiro atoms. The number of aliphatic hydroxyl groups is 1. The lowest BCUT2D eigenvalue weighted by molar-refractivity contribution is -0.152. The van der Waals surface area contributed by atoms with Gasteiger partial charge in [0.2, 0.25) is 0 Å². The van der Waals surface area contributed by atoms with E-state index >= 15 is 0 Å². The molecular weight excluding hydrogens is 513 g/mol. The van der Waals surface area contributed by atoms with Gasteiger partial charge in [0.1, 0.15) is 6.10 Å². The number of carbonyl (C=O) groups excluding carboxylic acids is 1. The van der Waals surface area contributed by atoms with E-state index in [9.17, 15) is 33.0 Å². The molecule has 0 bridgehead atoms. The molecule has 1 amide bonds. The van der Waals surface area contributed by atoms with Crippen LogP contribution in [-0.4, -0.2) is 54.8 Å². The van der Waals surface area contributed by atoms with Crippen LogP contribution >= 0.6 is 11.6 Å². The lowest BCUT2D eigenvalue weighted by Crippen LogP contribution is -2.41. The van der Waals surface area contributed by atoms with Crippen molar-refractivity contribution in [2.75, 3.05) is 13.1 Å². The average molecular weight is 545 g/mol. The molecule has 2 aromatic rings. The summed E-state index contributed by atoms with van der Waals surface area (Å²) < 4.78 is 43.8. The van der Waals surface area contributed by atoms with Crippen LogP contribution in [-0.2, 0) is 11.0 Å². The van der Waals surface area contributed by atoms with Crippen LogP contribution in [0.15, 0.2) is 24.5 Å². The number of rotatable bonds is 7. The summed E-state index contributed by atoms with van der Waals surface area (Å²) >= 11 is 6.12. The van der Waals surface area contributed by atoms with E-state index in [1.165, 1.54) is 12.3 Å². The van der Waals surface area contributed by atoms with Crippen LogP contribution < -0.4 is 0 Å². The summed E-state index contributed by atoms with van der Waals surface area (Å²) in [6, 6.07) is 2.40. The molecular formula is C25H32ClF3N4O4. The van der Waals surface area contributed by atoms with Gasteiger partial charge < -0.3 is 15.1 Å². The van der Waals surface area contributed by atoms with Gasteiger partial charge in [-0.3, -0.25) is 19.3 Å². The zero-order valence-corrected chi connectivity index (χ0v) is 22.0. The lowest BCUT2D eigenvalue weighted by Gasteiger charge is -2.35. The largest absolute Gasteiger partial charge is 0.481 e. The molecule has 0 saturated heterocycles. The molecule has 37 heavy (non-hydrogen) atoms. The van der Waals surface area contributed by atoms with Gasteiger partial charge in [-0.2, -0.15) is 18.3 Å². The molecule has 1 atom stereocenters. The molecule has 0 radical (unpaired) electrons. The topological polar surface area (TPSA) is 109 Å². The summed E-state index contributed by atoms with van der Waals surface area (Å²) in [7, 11) is 0. The molecule has 204 valence electrons. The Morgan fingerprint density at radius 1 is 1.27 bits per heavy atom. The minimum atomic E-state index is -4.88. The van der Waals surface area contributed by atoms with Crippen molar-refractivity contribution in [1.82, 2.24) is 19.7 Å². The number of amides is 1. The van der Waals surface area contributed by atoms with Crippen molar-refractivity contribution in [3.05, 3.63) is 46.5 Å². The monoisotopic (exact) mass is 544 g/mol. The molecule has 2 N–H and O–H groups in total. The fraction of sp³-hybridized carbons (Fsp3) is 0.600. The number of carbonyl (C=O) groups is 2. The average Bonchev–Trinajstić information content (AvgIpc) is 3.23. The number of alkyl halides is 3. The summed E-state index contributed by atoms with van der Waals surface area (Å²) in [5.41, 5.74) is -3.19. The maximum Gasteiger partial charge on any atom is 0.433 e. The van der Waals surface area contributed by atoms with E-state index in [1.54, 1.807) is 13.0 Å². The molecule has 0 aliphatic heterocycles. The highest BCUT2D eigenvalue weighted by atomic mass is 35.5. The van der Waals surface area contributed by atoms with Gasteiger partial charge in [0.05, 0.1) is 40.5 Å². The number of hydrogen-bond donors (Lipinski definition) is 2. The van der Waals surface area contributed by atoms with E-state index in [4.69, 9.17) is 11.6 Å². The molecule has 12 heteroatoms. The Bertz CT molecular complexity index is 1140. The molecule has 8 nitrogen and oxygen atoms in total. The SMILES string of the molecule is CC(C)(C)CN(C[C@H](O)c1ncccc1Cl)C(=O)c1cnn(C2CCC(C)(C(=O)O)CC2)c1C(F)(F)F. The Hall–Kier alpha value is -2.66. The highest BCUT2D eigenvalue weighted by Gasteiger charge is 2.45. The lowest BCUT2D eigenvalue weighted by atomic mass is 9.74. The number of pyridine rings is 1. The Morgan fingerprint density at radius 2 is 1.89 bits per heavy atom. The van der Waals surface area contributed by atoms with Gasteiger partial charge in [-0.1, -0.05) is 32.4 Å². The first kappa shape index (κ1) is 28.9. The quantitative estimate of drug-likeness (QED) is 0.484. The van der Waals surface area contributed by atoms with Gasteiger partial charge >= 0.3 is 12.1 Å². The first-order valence-corrected chi connectivity index (χ1v) is 12.4. The molecule has 1 aliphatic carbocycles. The van der Waals surface area contributed by atoms with E-state index in [0.717, 1.165) is 15.8 Å². The van der Waals surface area contributed by atoms with Gasteiger partial charge in [-0.25, -0.2) is 0 Å². The predicted octanol–water partition coefficient (Wildman–Crippen LogP) is 5.38. The Balaban J connectivity index is 1.95. The Morgan fingerprint density at radius 3 is 2.41 bits per heavy atom. The number of nitrogens with zero attached hydrogens (tertiary/aromatic N) is 4. The summed E-state index contributed by atoms with van der Waals surface area (Å²) in [5, 5.41) is 24.3. The van der Waals surface area contributed by atoms with Gasteiger partial charge in [-0.15, -0.1) is 0 Å². The molecule has 1 saturated carbocycles. The van der Waals surface area contributed by atoms with Crippen molar-refractivity contribution in [2.24, 2.45) is 10.8 Å². The van der Waals surface area contributed by atoms with E-state index in [-0.39, 0.29) is 49.5 Å². The summed E-state index contributed by atoms with van der Waals surface area (Å²) in [6.45, 7) is 6.78. The number of hydrogen-bond acceptors (Lipinski definition) is 5. The first-order chi connectivity index (χ1) is 17.0. The van der Waals surface area contributed by atoms with Crippen LogP contribution in [0.2, 0.25) is 5.02 Å². The third kappa shape index (κ3) is 6.62. The van der Waals surface area contributed by atoms with E-state index in [1.807, 2.05) is 20.8 Å². The smallest absolute Gasteiger partial charge is 0.433 e. The van der Waals surface area contributed by atoms with Gasteiger partial charge in [-0.05, 0) is 50.2 Å². The number of carboxylic acids is 1. The molecule has 0 unspecified atom stereocenters. The fourth-order valence-electron chi connectivity index (χ4n) is 4.68. The van der Waals surface area contributed by atoms with Gasteiger partial charge in [0, 0.05) is 12.7 Å². The first-order valence-electron chi connectivity index (χ1n) is 12.0. The van der Waals surface area contributed by atoms with E-state index in [2.05, 4.69) is 10.1 Å². The standard InChI is InChI=1S/C25H32ClF3N4O4/c1-23(2,3)14-32(13-18(34)19-17(26)6-5-11-30-19)21(35)16-12-31-33(20(16)25(27,28)29)15-7-9-24(4,10-8-15)22(36)37/h5-6,11-12,15,18,34H,7-10,13-14H2,1-4H3,(H,36,37)/t15?,18-,24?/m0/s1. The summed E-state index contributed by atoms with van der Waals surface area (Å²) in [6.07, 6.45) is -3.12. The molecule has 2 aromatic heterocycles. The minimum absolute atomic E-state index is 0.0518. The minimum Gasteiger partial charge on any atom is -0.481 e. The van der Waals surface area contributed by atoms with E-state index in [0.29, 0.717) is 0 Å². The van der Waals surface area contributed by atoms with Crippen LogP contribution in [0.3, 0.4) is 0 Å². The number of carboxylic acid groups (broad SMARTS) is 1. The second-order valence-corrected chi connectivity index (χ2v) is 11.5. The van der Waals surface area contributed by atoms with Crippen molar-refractivity contribution in [3.8, 4) is 0 Å². The van der Waals surface area contributed by atoms with Crippen molar-refractivity contribution in [1.29, 1.82) is 0 Å². The zero-order chi connectivity index (χ0) is 27.8. The predicted molar refractivity (Wildman–Crippen MR) is 130 cm³/mol. The fourth-order valence-corrected chi connectivity index (χ4v) is 4.92. The third-order valence-electron chi connectivity index (χ3n) is 6.66. The normalized spacial score (nSPS) is 21.5. The summed E-state index contributed by atoms with van der Waals surface area (Å²) in [5.74, 6) is -1.91. The number of aromatic nitrogens is 3. The second-order valence-electron chi connectivity index (χ2n) is 11.1.